The van der Waals surface area contributed by atoms with Gasteiger partial charge in [-0.25, -0.2) is 18.2 Å². The zero-order valence-corrected chi connectivity index (χ0v) is 16.4. The molecule has 1 aromatic heterocycles. The Labute approximate surface area is 155 Å². The molecule has 0 aliphatic heterocycles. The summed E-state index contributed by atoms with van der Waals surface area (Å²) >= 11 is 7.34. The molecule has 0 atom stereocenters. The van der Waals surface area contributed by atoms with Gasteiger partial charge in [0.2, 0.25) is 0 Å². The lowest BCUT2D eigenvalue weighted by Crippen LogP contribution is -2.38. The second-order valence-corrected chi connectivity index (χ2v) is 9.48. The fraction of sp³-hybridized carbons (Fsp3) is 0.375. The molecule has 1 fully saturated rings. The summed E-state index contributed by atoms with van der Waals surface area (Å²) in [5.41, 5.74) is 1.44. The van der Waals surface area contributed by atoms with Crippen LogP contribution in [0.2, 0.25) is 5.02 Å². The lowest BCUT2D eigenvalue weighted by molar-refractivity contribution is 0.247. The Balaban J connectivity index is 1.93. The largest absolute Gasteiger partial charge is 0.335 e. The lowest BCUT2D eigenvalue weighted by Gasteiger charge is -2.14. The number of amides is 2. The van der Waals surface area contributed by atoms with Gasteiger partial charge in [0, 0.05) is 19.3 Å². The van der Waals surface area contributed by atoms with Crippen molar-refractivity contribution < 1.29 is 13.2 Å². The Bertz CT molecular complexity index is 936. The van der Waals surface area contributed by atoms with Crippen LogP contribution in [0.4, 0.5) is 9.93 Å². The maximum Gasteiger partial charge on any atom is 0.323 e. The molecule has 6 nitrogen and oxygen atoms in total. The Morgan fingerprint density at radius 1 is 1.40 bits per heavy atom. The number of sulfone groups is 1. The summed E-state index contributed by atoms with van der Waals surface area (Å²) in [7, 11) is -1.76. The normalized spacial score (nSPS) is 14.4. The number of benzene rings is 1. The van der Waals surface area contributed by atoms with Gasteiger partial charge < -0.3 is 5.32 Å². The van der Waals surface area contributed by atoms with Crippen molar-refractivity contribution >= 4 is 43.9 Å². The van der Waals surface area contributed by atoms with Gasteiger partial charge in [0.1, 0.15) is 0 Å². The molecule has 0 radical (unpaired) electrons. The maximum atomic E-state index is 12.2. The fourth-order valence-corrected chi connectivity index (χ4v) is 4.63. The third kappa shape index (κ3) is 3.96. The van der Waals surface area contributed by atoms with Crippen molar-refractivity contribution in [3.63, 3.8) is 0 Å². The van der Waals surface area contributed by atoms with Crippen LogP contribution < -0.4 is 10.2 Å². The van der Waals surface area contributed by atoms with Gasteiger partial charge in [-0.15, -0.1) is 0 Å². The number of urea groups is 1. The topological polar surface area (TPSA) is 79.4 Å². The molecular formula is C16H18ClN3O3S2. The predicted molar refractivity (Wildman–Crippen MR) is 100 cm³/mol. The van der Waals surface area contributed by atoms with Crippen LogP contribution in [-0.2, 0) is 9.84 Å². The molecule has 2 amide bonds. The van der Waals surface area contributed by atoms with Gasteiger partial charge in [0.25, 0.3) is 0 Å². The van der Waals surface area contributed by atoms with Crippen LogP contribution in [0.15, 0.2) is 23.1 Å². The number of aryl methyl sites for hydroxylation is 1. The predicted octanol–water partition coefficient (Wildman–Crippen LogP) is 3.48. The van der Waals surface area contributed by atoms with E-state index < -0.39 is 9.84 Å². The van der Waals surface area contributed by atoms with Crippen LogP contribution >= 0.6 is 22.9 Å². The monoisotopic (exact) mass is 399 g/mol. The van der Waals surface area contributed by atoms with E-state index in [0.29, 0.717) is 10.7 Å². The van der Waals surface area contributed by atoms with Crippen molar-refractivity contribution in [2.75, 3.05) is 18.2 Å². The van der Waals surface area contributed by atoms with Gasteiger partial charge in [-0.05, 0) is 37.5 Å². The summed E-state index contributed by atoms with van der Waals surface area (Å²) in [4.78, 5) is 19.0. The number of carbonyl (C=O) groups is 1. The molecule has 2 aromatic rings. The van der Waals surface area contributed by atoms with Crippen LogP contribution in [0.3, 0.4) is 0 Å². The number of hydrogen-bond donors (Lipinski definition) is 1. The van der Waals surface area contributed by atoms with E-state index in [1.165, 1.54) is 16.2 Å². The molecule has 1 aliphatic rings. The first kappa shape index (κ1) is 18.2. The molecule has 0 bridgehead atoms. The number of nitrogens with one attached hydrogen (secondary N) is 1. The SMILES string of the molecule is Cc1nc(N(C)C(=O)NC2CC2)sc1-c1ccc(Cl)c(S(C)(=O)=O)c1. The highest BCUT2D eigenvalue weighted by atomic mass is 35.5. The van der Waals surface area contributed by atoms with Gasteiger partial charge in [0.15, 0.2) is 15.0 Å². The quantitative estimate of drug-likeness (QED) is 0.853. The van der Waals surface area contributed by atoms with Crippen LogP contribution in [-0.4, -0.2) is 38.8 Å². The van der Waals surface area contributed by atoms with Crippen LogP contribution in [0.25, 0.3) is 10.4 Å². The summed E-state index contributed by atoms with van der Waals surface area (Å²) < 4.78 is 23.8. The van der Waals surface area contributed by atoms with Crippen molar-refractivity contribution in [3.8, 4) is 10.4 Å². The van der Waals surface area contributed by atoms with Crippen LogP contribution in [0.1, 0.15) is 18.5 Å². The average Bonchev–Trinajstić information content (AvgIpc) is 3.26. The number of carbonyl (C=O) groups excluding carboxylic acids is 1. The standard InChI is InChI=1S/C16H18ClN3O3S2/c1-9-14(10-4-7-12(17)13(8-10)25(3,22)23)24-16(18-9)20(2)15(21)19-11-5-6-11/h4,7-8,11H,5-6H2,1-3H3,(H,19,21). The van der Waals surface area contributed by atoms with Gasteiger partial charge in [-0.1, -0.05) is 29.0 Å². The van der Waals surface area contributed by atoms with E-state index in [1.54, 1.807) is 25.2 Å². The van der Waals surface area contributed by atoms with Crippen molar-refractivity contribution in [2.45, 2.75) is 30.7 Å². The molecular weight excluding hydrogens is 382 g/mol. The molecule has 1 aromatic carbocycles. The summed E-state index contributed by atoms with van der Waals surface area (Å²) in [6.45, 7) is 1.83. The van der Waals surface area contributed by atoms with E-state index >= 15 is 0 Å². The van der Waals surface area contributed by atoms with Crippen molar-refractivity contribution in [3.05, 3.63) is 28.9 Å². The second kappa shape index (κ2) is 6.59. The second-order valence-electron chi connectivity index (χ2n) is 6.11. The highest BCUT2D eigenvalue weighted by Crippen LogP contribution is 2.36. The number of thiazole rings is 1. The molecule has 1 aliphatic carbocycles. The molecule has 1 heterocycles. The minimum Gasteiger partial charge on any atom is -0.335 e. The van der Waals surface area contributed by atoms with Gasteiger partial charge >= 0.3 is 6.03 Å². The van der Waals surface area contributed by atoms with E-state index in [0.717, 1.165) is 29.7 Å². The van der Waals surface area contributed by atoms with Crippen molar-refractivity contribution in [2.24, 2.45) is 0 Å². The van der Waals surface area contributed by atoms with Gasteiger partial charge in [-0.3, -0.25) is 4.90 Å². The highest BCUT2D eigenvalue weighted by molar-refractivity contribution is 7.90. The van der Waals surface area contributed by atoms with Crippen LogP contribution in [0.5, 0.6) is 0 Å². The van der Waals surface area contributed by atoms with E-state index in [4.69, 9.17) is 11.6 Å². The minimum atomic E-state index is -3.43. The number of aromatic nitrogens is 1. The molecule has 0 spiro atoms. The Morgan fingerprint density at radius 3 is 2.68 bits per heavy atom. The van der Waals surface area contributed by atoms with E-state index in [9.17, 15) is 13.2 Å². The number of hydrogen-bond acceptors (Lipinski definition) is 5. The smallest absolute Gasteiger partial charge is 0.323 e. The van der Waals surface area contributed by atoms with Crippen molar-refractivity contribution in [1.29, 1.82) is 0 Å². The number of halogens is 1. The van der Waals surface area contributed by atoms with Crippen LogP contribution in [0, 0.1) is 6.92 Å². The number of nitrogens with zero attached hydrogens (tertiary/aromatic N) is 2. The first-order valence-corrected chi connectivity index (χ1v) is 10.8. The molecule has 134 valence electrons. The molecule has 3 rings (SSSR count). The maximum absolute atomic E-state index is 12.2. The highest BCUT2D eigenvalue weighted by Gasteiger charge is 2.26. The lowest BCUT2D eigenvalue weighted by atomic mass is 10.2. The molecule has 9 heteroatoms. The van der Waals surface area contributed by atoms with Gasteiger partial charge in [-0.2, -0.15) is 0 Å². The third-order valence-electron chi connectivity index (χ3n) is 3.87. The third-order valence-corrected chi connectivity index (χ3v) is 6.74. The first-order chi connectivity index (χ1) is 11.7. The fourth-order valence-electron chi connectivity index (χ4n) is 2.31. The zero-order chi connectivity index (χ0) is 18.4. The number of anilines is 1. The molecule has 0 saturated heterocycles. The zero-order valence-electron chi connectivity index (χ0n) is 14.0. The Hall–Kier alpha value is -1.64. The van der Waals surface area contributed by atoms with Crippen molar-refractivity contribution in [1.82, 2.24) is 10.3 Å². The summed E-state index contributed by atoms with van der Waals surface area (Å²) in [6.07, 6.45) is 3.15. The van der Waals surface area contributed by atoms with E-state index in [2.05, 4.69) is 10.3 Å². The molecule has 1 N–H and O–H groups in total. The molecule has 1 saturated carbocycles. The Morgan fingerprint density at radius 2 is 2.08 bits per heavy atom. The van der Waals surface area contributed by atoms with E-state index in [1.807, 2.05) is 6.92 Å². The first-order valence-electron chi connectivity index (χ1n) is 7.68. The number of rotatable bonds is 4. The van der Waals surface area contributed by atoms with E-state index in [-0.39, 0.29) is 22.0 Å². The van der Waals surface area contributed by atoms with Gasteiger partial charge in [0.05, 0.1) is 20.5 Å². The average molecular weight is 400 g/mol. The Kier molecular flexibility index (Phi) is 4.78. The molecule has 0 unspecified atom stereocenters. The summed E-state index contributed by atoms with van der Waals surface area (Å²) in [6, 6.07) is 4.95. The summed E-state index contributed by atoms with van der Waals surface area (Å²) in [5.74, 6) is 0. The molecule has 25 heavy (non-hydrogen) atoms. The minimum absolute atomic E-state index is 0.0841. The summed E-state index contributed by atoms with van der Waals surface area (Å²) in [5, 5.41) is 3.66.